The van der Waals surface area contributed by atoms with Crippen LogP contribution < -0.4 is 0 Å². The molecule has 1 N–H and O–H groups in total. The maximum atomic E-state index is 5.23. The maximum Gasteiger partial charge on any atom is 0.266 e. The molecule has 0 unspecified atom stereocenters. The fourth-order valence-electron chi connectivity index (χ4n) is 1.07. The Bertz CT molecular complexity index is 446. The summed E-state index contributed by atoms with van der Waals surface area (Å²) in [6.45, 7) is 0. The lowest BCUT2D eigenvalue weighted by atomic mass is 10.2. The lowest BCUT2D eigenvalue weighted by Gasteiger charge is -1.96. The molecule has 0 aliphatic heterocycles. The van der Waals surface area contributed by atoms with Gasteiger partial charge in [-0.15, -0.1) is 0 Å². The van der Waals surface area contributed by atoms with E-state index < -0.39 is 0 Å². The van der Waals surface area contributed by atoms with Crippen LogP contribution in [0.2, 0.25) is 0 Å². The molecular weight excluding hydrogens is 214 g/mol. The number of nitrogens with one attached hydrogen (secondary N) is 1. The highest BCUT2D eigenvalue weighted by atomic mass is 32.2. The summed E-state index contributed by atoms with van der Waals surface area (Å²) in [6, 6.07) is 10.3. The van der Waals surface area contributed by atoms with Crippen LogP contribution in [0, 0.1) is 4.84 Å². The Morgan fingerprint density at radius 1 is 1.29 bits per heavy atom. The Balaban J connectivity index is 1.98. The highest BCUT2D eigenvalue weighted by Gasteiger charge is 1.98. The van der Waals surface area contributed by atoms with Gasteiger partial charge in [0.2, 0.25) is 0 Å². The topological polar surface area (TPSA) is 28.9 Å². The predicted octanol–water partition coefficient (Wildman–Crippen LogP) is 3.63. The van der Waals surface area contributed by atoms with Crippen molar-refractivity contribution in [2.24, 2.45) is 0 Å². The molecule has 72 valence electrons. The molecule has 1 heterocycles. The average molecular weight is 223 g/mol. The second-order valence-electron chi connectivity index (χ2n) is 2.77. The summed E-state index contributed by atoms with van der Waals surface area (Å²) >= 11 is 6.46. The van der Waals surface area contributed by atoms with Gasteiger partial charge in [0.15, 0.2) is 5.09 Å². The first-order valence-electron chi connectivity index (χ1n) is 4.20. The number of aromatic amines is 1. The number of hydrogen-bond acceptors (Lipinski definition) is 3. The maximum absolute atomic E-state index is 5.23. The molecule has 14 heavy (non-hydrogen) atoms. The van der Waals surface area contributed by atoms with Crippen molar-refractivity contribution in [3.8, 4) is 0 Å². The summed E-state index contributed by atoms with van der Waals surface area (Å²) in [5.74, 6) is 0.900. The highest BCUT2D eigenvalue weighted by Crippen LogP contribution is 2.22. The van der Waals surface area contributed by atoms with Crippen LogP contribution in [0.25, 0.3) is 0 Å². The van der Waals surface area contributed by atoms with Crippen molar-refractivity contribution < 1.29 is 4.42 Å². The van der Waals surface area contributed by atoms with Crippen LogP contribution in [0.4, 0.5) is 0 Å². The van der Waals surface area contributed by atoms with Crippen LogP contribution in [0.5, 0.6) is 0 Å². The third-order valence-corrected chi connectivity index (χ3v) is 2.89. The Kier molecular flexibility index (Phi) is 3.06. The molecule has 0 radical (unpaired) electrons. The van der Waals surface area contributed by atoms with Gasteiger partial charge < -0.3 is 9.40 Å². The third-order valence-electron chi connectivity index (χ3n) is 1.73. The fraction of sp³-hybridized carbons (Fsp3) is 0.100. The summed E-state index contributed by atoms with van der Waals surface area (Å²) < 4.78 is 5.23. The predicted molar refractivity (Wildman–Crippen MR) is 59.9 cm³/mol. The standard InChI is InChI=1S/C10H9NOS2/c13-10-11-6-9(12-10)14-7-8-4-2-1-3-5-8/h1-6H,7H2,(H,11,13). The molecule has 2 aromatic rings. The van der Waals surface area contributed by atoms with Gasteiger partial charge >= 0.3 is 0 Å². The van der Waals surface area contributed by atoms with Crippen molar-refractivity contribution in [3.63, 3.8) is 0 Å². The lowest BCUT2D eigenvalue weighted by molar-refractivity contribution is 0.455. The Labute approximate surface area is 91.3 Å². The average Bonchev–Trinajstić information content (AvgIpc) is 2.63. The van der Waals surface area contributed by atoms with E-state index in [0.717, 1.165) is 10.8 Å². The van der Waals surface area contributed by atoms with Gasteiger partial charge in [-0.05, 0) is 17.8 Å². The van der Waals surface area contributed by atoms with E-state index >= 15 is 0 Å². The fourth-order valence-corrected chi connectivity index (χ4v) is 2.06. The van der Waals surface area contributed by atoms with E-state index in [1.54, 1.807) is 18.0 Å². The Hall–Kier alpha value is -1.00. The van der Waals surface area contributed by atoms with Crippen LogP contribution in [-0.4, -0.2) is 4.98 Å². The van der Waals surface area contributed by atoms with Crippen molar-refractivity contribution in [1.29, 1.82) is 0 Å². The van der Waals surface area contributed by atoms with Crippen molar-refractivity contribution in [2.45, 2.75) is 10.8 Å². The second kappa shape index (κ2) is 4.48. The van der Waals surface area contributed by atoms with E-state index in [-0.39, 0.29) is 0 Å². The summed E-state index contributed by atoms with van der Waals surface area (Å²) in [6.07, 6.45) is 1.79. The van der Waals surface area contributed by atoms with Gasteiger partial charge in [0.05, 0.1) is 6.20 Å². The van der Waals surface area contributed by atoms with E-state index in [0.29, 0.717) is 4.84 Å². The zero-order chi connectivity index (χ0) is 9.80. The smallest absolute Gasteiger partial charge is 0.266 e. The molecule has 0 bridgehead atoms. The van der Waals surface area contributed by atoms with Gasteiger partial charge in [-0.2, -0.15) is 0 Å². The monoisotopic (exact) mass is 223 g/mol. The minimum atomic E-state index is 0.431. The zero-order valence-electron chi connectivity index (χ0n) is 7.40. The van der Waals surface area contributed by atoms with Gasteiger partial charge in [0.1, 0.15) is 0 Å². The van der Waals surface area contributed by atoms with E-state index in [1.165, 1.54) is 5.56 Å². The van der Waals surface area contributed by atoms with Gasteiger partial charge in [0, 0.05) is 5.75 Å². The quantitative estimate of drug-likeness (QED) is 0.636. The number of aromatic nitrogens is 1. The first kappa shape index (κ1) is 9.55. The van der Waals surface area contributed by atoms with Crippen molar-refractivity contribution in [1.82, 2.24) is 4.98 Å². The van der Waals surface area contributed by atoms with Crippen molar-refractivity contribution in [2.75, 3.05) is 0 Å². The van der Waals surface area contributed by atoms with Crippen LogP contribution in [0.1, 0.15) is 5.56 Å². The zero-order valence-corrected chi connectivity index (χ0v) is 9.03. The van der Waals surface area contributed by atoms with E-state index in [1.807, 2.05) is 18.2 Å². The van der Waals surface area contributed by atoms with Crippen LogP contribution >= 0.6 is 24.0 Å². The molecule has 1 aromatic carbocycles. The molecule has 0 aliphatic rings. The first-order valence-corrected chi connectivity index (χ1v) is 5.59. The van der Waals surface area contributed by atoms with Gasteiger partial charge in [-0.25, -0.2) is 0 Å². The number of thioether (sulfide) groups is 1. The number of rotatable bonds is 3. The van der Waals surface area contributed by atoms with E-state index in [2.05, 4.69) is 17.1 Å². The third kappa shape index (κ3) is 2.49. The molecule has 0 atom stereocenters. The number of oxazole rings is 1. The summed E-state index contributed by atoms with van der Waals surface area (Å²) in [5.41, 5.74) is 1.28. The Morgan fingerprint density at radius 3 is 2.71 bits per heavy atom. The van der Waals surface area contributed by atoms with Crippen LogP contribution in [0.3, 0.4) is 0 Å². The minimum Gasteiger partial charge on any atom is -0.423 e. The summed E-state index contributed by atoms with van der Waals surface area (Å²) in [5, 5.41) is 0.832. The number of H-pyrrole nitrogens is 1. The molecular formula is C10H9NOS2. The van der Waals surface area contributed by atoms with E-state index in [4.69, 9.17) is 16.6 Å². The lowest BCUT2D eigenvalue weighted by Crippen LogP contribution is -1.77. The molecule has 2 rings (SSSR count). The summed E-state index contributed by atoms with van der Waals surface area (Å²) in [7, 11) is 0. The molecule has 0 spiro atoms. The van der Waals surface area contributed by atoms with Gasteiger partial charge in [-0.1, -0.05) is 42.1 Å². The largest absolute Gasteiger partial charge is 0.423 e. The van der Waals surface area contributed by atoms with Crippen LogP contribution in [-0.2, 0) is 5.75 Å². The van der Waals surface area contributed by atoms with Crippen molar-refractivity contribution >= 4 is 24.0 Å². The molecule has 0 saturated heterocycles. The van der Waals surface area contributed by atoms with Gasteiger partial charge in [-0.3, -0.25) is 0 Å². The minimum absolute atomic E-state index is 0.431. The molecule has 4 heteroatoms. The van der Waals surface area contributed by atoms with E-state index in [9.17, 15) is 0 Å². The summed E-state index contributed by atoms with van der Waals surface area (Å²) in [4.78, 5) is 3.26. The SMILES string of the molecule is S=c1[nH]cc(SCc2ccccc2)o1. The number of benzene rings is 1. The molecule has 0 amide bonds. The molecule has 0 fully saturated rings. The van der Waals surface area contributed by atoms with Crippen LogP contribution in [0.15, 0.2) is 46.0 Å². The normalized spacial score (nSPS) is 10.3. The number of hydrogen-bond donors (Lipinski definition) is 1. The molecule has 1 aromatic heterocycles. The molecule has 0 saturated carbocycles. The second-order valence-corrected chi connectivity index (χ2v) is 4.12. The van der Waals surface area contributed by atoms with Crippen molar-refractivity contribution in [3.05, 3.63) is 46.9 Å². The molecule has 2 nitrogen and oxygen atoms in total. The van der Waals surface area contributed by atoms with Gasteiger partial charge in [0.25, 0.3) is 4.84 Å². The Morgan fingerprint density at radius 2 is 2.07 bits per heavy atom. The molecule has 0 aliphatic carbocycles. The first-order chi connectivity index (χ1) is 6.84. The highest BCUT2D eigenvalue weighted by molar-refractivity contribution is 7.98.